The molecule has 0 bridgehead atoms. The van der Waals surface area contributed by atoms with E-state index in [-0.39, 0.29) is 12.1 Å². The molecular weight excluding hydrogens is 204 g/mol. The van der Waals surface area contributed by atoms with Crippen molar-refractivity contribution in [2.45, 2.75) is 32.7 Å². The summed E-state index contributed by atoms with van der Waals surface area (Å²) in [5.41, 5.74) is -0.361. The molecule has 0 spiro atoms. The van der Waals surface area contributed by atoms with Crippen LogP contribution >= 0.6 is 0 Å². The quantitative estimate of drug-likeness (QED) is 0.776. The van der Waals surface area contributed by atoms with Gasteiger partial charge in [-0.2, -0.15) is 0 Å². The Hall–Kier alpha value is -1.29. The van der Waals surface area contributed by atoms with Crippen molar-refractivity contribution in [1.29, 1.82) is 0 Å². The molecule has 0 aliphatic carbocycles. The van der Waals surface area contributed by atoms with Crippen molar-refractivity contribution in [2.24, 2.45) is 0 Å². The van der Waals surface area contributed by atoms with Gasteiger partial charge in [0, 0.05) is 6.20 Å². The molecular formula is C12H20N2O2. The maximum Gasteiger partial charge on any atom is 0.169 e. The van der Waals surface area contributed by atoms with Gasteiger partial charge in [-0.1, -0.05) is 6.92 Å². The van der Waals surface area contributed by atoms with Crippen LogP contribution in [0, 0.1) is 0 Å². The lowest BCUT2D eigenvalue weighted by atomic mass is 10.0. The van der Waals surface area contributed by atoms with E-state index in [1.165, 1.54) is 0 Å². The lowest BCUT2D eigenvalue weighted by Gasteiger charge is -2.28. The predicted molar refractivity (Wildman–Crippen MR) is 64.8 cm³/mol. The second kappa shape index (κ2) is 5.70. The van der Waals surface area contributed by atoms with Crippen LogP contribution in [0.5, 0.6) is 5.75 Å². The minimum atomic E-state index is -0.361. The van der Waals surface area contributed by atoms with E-state index in [1.807, 2.05) is 32.9 Å². The summed E-state index contributed by atoms with van der Waals surface area (Å²) >= 11 is 0. The number of hydrogen-bond acceptors (Lipinski definition) is 4. The van der Waals surface area contributed by atoms with Crippen LogP contribution in [-0.4, -0.2) is 28.8 Å². The van der Waals surface area contributed by atoms with Crippen molar-refractivity contribution in [1.82, 2.24) is 4.98 Å². The molecule has 0 aliphatic rings. The Labute approximate surface area is 96.7 Å². The molecule has 1 aromatic heterocycles. The third-order valence-electron chi connectivity index (χ3n) is 2.62. The van der Waals surface area contributed by atoms with Gasteiger partial charge in [-0.25, -0.2) is 4.98 Å². The van der Waals surface area contributed by atoms with E-state index in [2.05, 4.69) is 10.3 Å². The molecule has 1 aromatic rings. The van der Waals surface area contributed by atoms with Gasteiger partial charge in [0.1, 0.15) is 0 Å². The fourth-order valence-electron chi connectivity index (χ4n) is 1.28. The van der Waals surface area contributed by atoms with E-state index in [4.69, 9.17) is 4.74 Å². The second-order valence-electron chi connectivity index (χ2n) is 3.98. The van der Waals surface area contributed by atoms with E-state index in [0.717, 1.165) is 12.2 Å². The number of aliphatic hydroxyl groups excluding tert-OH is 1. The molecule has 0 aromatic carbocycles. The summed E-state index contributed by atoms with van der Waals surface area (Å²) in [6.07, 6.45) is 2.52. The van der Waals surface area contributed by atoms with Crippen molar-refractivity contribution in [3.8, 4) is 5.75 Å². The highest BCUT2D eigenvalue weighted by atomic mass is 16.5. The average molecular weight is 224 g/mol. The van der Waals surface area contributed by atoms with Gasteiger partial charge in [-0.05, 0) is 32.4 Å². The van der Waals surface area contributed by atoms with Crippen LogP contribution in [0.2, 0.25) is 0 Å². The zero-order chi connectivity index (χ0) is 12.0. The third-order valence-corrected chi connectivity index (χ3v) is 2.62. The highest BCUT2D eigenvalue weighted by Crippen LogP contribution is 2.25. The molecule has 4 heteroatoms. The number of nitrogens with zero attached hydrogens (tertiary/aromatic N) is 1. The standard InChI is InChI=1S/C12H20N2O2/c1-4-12(3,9-15)14-11-10(16-5-2)7-6-8-13-11/h6-8,15H,4-5,9H2,1-3H3,(H,13,14). The van der Waals surface area contributed by atoms with Gasteiger partial charge in [0.25, 0.3) is 0 Å². The Morgan fingerprint density at radius 3 is 2.81 bits per heavy atom. The Bertz CT molecular complexity index is 325. The van der Waals surface area contributed by atoms with E-state index in [0.29, 0.717) is 12.4 Å². The summed E-state index contributed by atoms with van der Waals surface area (Å²) in [6, 6.07) is 3.70. The lowest BCUT2D eigenvalue weighted by Crippen LogP contribution is -2.38. The molecule has 90 valence electrons. The fourth-order valence-corrected chi connectivity index (χ4v) is 1.28. The van der Waals surface area contributed by atoms with E-state index >= 15 is 0 Å². The molecule has 1 heterocycles. The van der Waals surface area contributed by atoms with Gasteiger partial charge in [0.15, 0.2) is 11.6 Å². The molecule has 0 saturated carbocycles. The first kappa shape index (κ1) is 12.8. The number of pyridine rings is 1. The van der Waals surface area contributed by atoms with E-state index in [1.54, 1.807) is 6.20 Å². The van der Waals surface area contributed by atoms with Gasteiger partial charge < -0.3 is 15.2 Å². The molecule has 16 heavy (non-hydrogen) atoms. The Morgan fingerprint density at radius 2 is 2.25 bits per heavy atom. The summed E-state index contributed by atoms with van der Waals surface area (Å²) in [4.78, 5) is 4.23. The molecule has 0 fully saturated rings. The Kier molecular flexibility index (Phi) is 4.55. The van der Waals surface area contributed by atoms with Crippen molar-refractivity contribution in [2.75, 3.05) is 18.5 Å². The fraction of sp³-hybridized carbons (Fsp3) is 0.583. The van der Waals surface area contributed by atoms with Crippen LogP contribution < -0.4 is 10.1 Å². The number of ether oxygens (including phenoxy) is 1. The van der Waals surface area contributed by atoms with Crippen LogP contribution in [0.25, 0.3) is 0 Å². The zero-order valence-corrected chi connectivity index (χ0v) is 10.2. The monoisotopic (exact) mass is 224 g/mol. The minimum Gasteiger partial charge on any atom is -0.490 e. The zero-order valence-electron chi connectivity index (χ0n) is 10.2. The average Bonchev–Trinajstić information content (AvgIpc) is 2.32. The van der Waals surface area contributed by atoms with Gasteiger partial charge >= 0.3 is 0 Å². The lowest BCUT2D eigenvalue weighted by molar-refractivity contribution is 0.218. The molecule has 0 amide bonds. The van der Waals surface area contributed by atoms with E-state index in [9.17, 15) is 5.11 Å². The maximum atomic E-state index is 9.34. The topological polar surface area (TPSA) is 54.4 Å². The van der Waals surface area contributed by atoms with Gasteiger partial charge in [0.2, 0.25) is 0 Å². The van der Waals surface area contributed by atoms with Crippen molar-refractivity contribution in [3.63, 3.8) is 0 Å². The molecule has 1 rings (SSSR count). The smallest absolute Gasteiger partial charge is 0.169 e. The van der Waals surface area contributed by atoms with Crippen LogP contribution in [0.15, 0.2) is 18.3 Å². The summed E-state index contributed by atoms with van der Waals surface area (Å²) < 4.78 is 5.47. The van der Waals surface area contributed by atoms with Gasteiger partial charge in [-0.15, -0.1) is 0 Å². The molecule has 4 nitrogen and oxygen atoms in total. The molecule has 2 N–H and O–H groups in total. The Morgan fingerprint density at radius 1 is 1.50 bits per heavy atom. The first-order chi connectivity index (χ1) is 7.65. The summed E-state index contributed by atoms with van der Waals surface area (Å²) in [7, 11) is 0. The van der Waals surface area contributed by atoms with Gasteiger partial charge in [-0.3, -0.25) is 0 Å². The summed E-state index contributed by atoms with van der Waals surface area (Å²) in [5.74, 6) is 1.40. The number of hydrogen-bond donors (Lipinski definition) is 2. The number of anilines is 1. The highest BCUT2D eigenvalue weighted by molar-refractivity contribution is 5.51. The predicted octanol–water partition coefficient (Wildman–Crippen LogP) is 2.05. The summed E-state index contributed by atoms with van der Waals surface area (Å²) in [6.45, 7) is 6.57. The molecule has 0 saturated heterocycles. The van der Waals surface area contributed by atoms with E-state index < -0.39 is 0 Å². The van der Waals surface area contributed by atoms with Crippen LogP contribution in [0.1, 0.15) is 27.2 Å². The molecule has 1 unspecified atom stereocenters. The number of nitrogens with one attached hydrogen (secondary N) is 1. The highest BCUT2D eigenvalue weighted by Gasteiger charge is 2.22. The molecule has 0 radical (unpaired) electrons. The third kappa shape index (κ3) is 3.10. The molecule has 0 aliphatic heterocycles. The molecule has 1 atom stereocenters. The first-order valence-electron chi connectivity index (χ1n) is 5.62. The SMILES string of the molecule is CCOc1cccnc1NC(C)(CC)CO. The number of aliphatic hydroxyl groups is 1. The number of rotatable bonds is 6. The summed E-state index contributed by atoms with van der Waals surface area (Å²) in [5, 5.41) is 12.6. The first-order valence-corrected chi connectivity index (χ1v) is 5.62. The largest absolute Gasteiger partial charge is 0.490 e. The van der Waals surface area contributed by atoms with Crippen molar-refractivity contribution in [3.05, 3.63) is 18.3 Å². The van der Waals surface area contributed by atoms with Crippen LogP contribution in [0.4, 0.5) is 5.82 Å². The second-order valence-corrected chi connectivity index (χ2v) is 3.98. The maximum absolute atomic E-state index is 9.34. The normalized spacial score (nSPS) is 14.2. The van der Waals surface area contributed by atoms with Crippen LogP contribution in [0.3, 0.4) is 0 Å². The van der Waals surface area contributed by atoms with Crippen LogP contribution in [-0.2, 0) is 0 Å². The van der Waals surface area contributed by atoms with Crippen molar-refractivity contribution < 1.29 is 9.84 Å². The van der Waals surface area contributed by atoms with Crippen molar-refractivity contribution >= 4 is 5.82 Å². The number of aromatic nitrogens is 1. The van der Waals surface area contributed by atoms with Gasteiger partial charge in [0.05, 0.1) is 18.8 Å². The Balaban J connectivity index is 2.87. The minimum absolute atomic E-state index is 0.0612.